The van der Waals surface area contributed by atoms with E-state index in [9.17, 15) is 22.8 Å². The van der Waals surface area contributed by atoms with Crippen molar-refractivity contribution in [3.63, 3.8) is 0 Å². The first-order chi connectivity index (χ1) is 19.8. The van der Waals surface area contributed by atoms with E-state index < -0.39 is 17.8 Å². The molecule has 0 spiro atoms. The third kappa shape index (κ3) is 7.57. The number of allylic oxidation sites excluding steroid dienone is 1. The number of halogens is 5. The van der Waals surface area contributed by atoms with E-state index in [1.807, 2.05) is 0 Å². The molecule has 3 N–H and O–H groups in total. The number of aromatic nitrogens is 3. The molecule has 0 bridgehead atoms. The molecular formula is C30H26Cl2F3N5O2. The van der Waals surface area contributed by atoms with Crippen molar-refractivity contribution in [1.29, 1.82) is 0 Å². The van der Waals surface area contributed by atoms with E-state index in [4.69, 9.17) is 28.9 Å². The van der Waals surface area contributed by atoms with Crippen molar-refractivity contribution >= 4 is 41.0 Å². The van der Waals surface area contributed by atoms with Crippen molar-refractivity contribution in [3.05, 3.63) is 121 Å². The van der Waals surface area contributed by atoms with E-state index in [0.717, 1.165) is 11.6 Å². The maximum Gasteiger partial charge on any atom is 0.399 e. The van der Waals surface area contributed by atoms with E-state index in [1.54, 1.807) is 38.1 Å². The van der Waals surface area contributed by atoms with Gasteiger partial charge in [-0.1, -0.05) is 59.6 Å². The molecule has 0 radical (unpaired) electrons. The van der Waals surface area contributed by atoms with Gasteiger partial charge in [0.2, 0.25) is 5.91 Å². The number of aryl methyl sites for hydroxylation is 1. The van der Waals surface area contributed by atoms with Crippen molar-refractivity contribution in [2.75, 3.05) is 5.73 Å². The van der Waals surface area contributed by atoms with E-state index in [2.05, 4.69) is 15.3 Å². The summed E-state index contributed by atoms with van der Waals surface area (Å²) in [6.07, 6.45) is 0.887. The number of carbonyl (C=O) groups is 1. The number of nitrogens with one attached hydrogen (secondary N) is 1. The second kappa shape index (κ2) is 12.8. The fourth-order valence-corrected chi connectivity index (χ4v) is 4.68. The lowest BCUT2D eigenvalue weighted by Gasteiger charge is -2.19. The maximum atomic E-state index is 13.9. The standard InChI is InChI=1S/C30H26Cl2F3N5O2/c1-17-11-22(14-24(31)18(17)2)23(30(33,34)35)7-4-19-3-6-21(25(32)12-19)16-38-28(41)13-20-5-8-27(37-15-20)40-10-9-26(36)39-29(40)42/h3-12,14-15,23H,13,16H2,1-2H3,(H,38,41)(H2,36,39,42)/b7-4+. The van der Waals surface area contributed by atoms with E-state index >= 15 is 0 Å². The van der Waals surface area contributed by atoms with Crippen LogP contribution in [0.1, 0.15) is 39.3 Å². The van der Waals surface area contributed by atoms with Gasteiger partial charge in [-0.15, -0.1) is 0 Å². The summed E-state index contributed by atoms with van der Waals surface area (Å²) in [4.78, 5) is 32.3. The summed E-state index contributed by atoms with van der Waals surface area (Å²) in [7, 11) is 0. The average molecular weight is 616 g/mol. The van der Waals surface area contributed by atoms with Gasteiger partial charge in [-0.05, 0) is 71.5 Å². The molecule has 7 nitrogen and oxygen atoms in total. The number of carbonyl (C=O) groups excluding carboxylic acids is 1. The first kappa shape index (κ1) is 30.8. The van der Waals surface area contributed by atoms with Crippen LogP contribution in [0.4, 0.5) is 19.0 Å². The SMILES string of the molecule is Cc1cc(C(/C=C/c2ccc(CNC(=O)Cc3ccc(-n4ccc(N)nc4=O)nc3)c(Cl)c2)C(F)(F)F)cc(Cl)c1C. The van der Waals surface area contributed by atoms with Gasteiger partial charge in [-0.25, -0.2) is 9.78 Å². The normalized spacial score (nSPS) is 12.5. The molecular weight excluding hydrogens is 590 g/mol. The first-order valence-corrected chi connectivity index (χ1v) is 13.4. The predicted molar refractivity (Wildman–Crippen MR) is 158 cm³/mol. The second-order valence-electron chi connectivity index (χ2n) is 9.66. The summed E-state index contributed by atoms with van der Waals surface area (Å²) >= 11 is 12.5. The van der Waals surface area contributed by atoms with Gasteiger partial charge in [0, 0.05) is 29.0 Å². The highest BCUT2D eigenvalue weighted by molar-refractivity contribution is 6.31. The minimum Gasteiger partial charge on any atom is -0.383 e. The van der Waals surface area contributed by atoms with Gasteiger partial charge in [0.25, 0.3) is 0 Å². The summed E-state index contributed by atoms with van der Waals surface area (Å²) in [5.74, 6) is -1.71. The van der Waals surface area contributed by atoms with Gasteiger partial charge in [-0.3, -0.25) is 9.36 Å². The molecule has 0 saturated carbocycles. The lowest BCUT2D eigenvalue weighted by atomic mass is 9.94. The molecule has 0 saturated heterocycles. The second-order valence-corrected chi connectivity index (χ2v) is 10.5. The van der Waals surface area contributed by atoms with E-state index in [1.165, 1.54) is 47.3 Å². The zero-order valence-electron chi connectivity index (χ0n) is 22.5. The number of hydrogen-bond donors (Lipinski definition) is 2. The maximum absolute atomic E-state index is 13.9. The lowest BCUT2D eigenvalue weighted by Crippen LogP contribution is -2.25. The Morgan fingerprint density at radius 3 is 2.48 bits per heavy atom. The number of rotatable bonds is 8. The molecule has 12 heteroatoms. The van der Waals surface area contributed by atoms with Crippen LogP contribution in [0.2, 0.25) is 10.0 Å². The van der Waals surface area contributed by atoms with Crippen LogP contribution in [-0.4, -0.2) is 26.6 Å². The fraction of sp³-hybridized carbons (Fsp3) is 0.200. The van der Waals surface area contributed by atoms with Crippen molar-refractivity contribution in [1.82, 2.24) is 19.9 Å². The van der Waals surface area contributed by atoms with Gasteiger partial charge in [0.15, 0.2) is 0 Å². The molecule has 0 fully saturated rings. The Kier molecular flexibility index (Phi) is 9.38. The highest BCUT2D eigenvalue weighted by Gasteiger charge is 2.39. The number of hydrogen-bond acceptors (Lipinski definition) is 5. The van der Waals surface area contributed by atoms with Crippen LogP contribution >= 0.6 is 23.2 Å². The zero-order chi connectivity index (χ0) is 30.6. The van der Waals surface area contributed by atoms with Crippen molar-refractivity contribution in [2.45, 2.75) is 38.9 Å². The lowest BCUT2D eigenvalue weighted by molar-refractivity contribution is -0.139. The largest absolute Gasteiger partial charge is 0.399 e. The number of nitrogens with zero attached hydrogens (tertiary/aromatic N) is 3. The molecule has 1 unspecified atom stereocenters. The topological polar surface area (TPSA) is 103 Å². The summed E-state index contributed by atoms with van der Waals surface area (Å²) in [5, 5.41) is 3.34. The summed E-state index contributed by atoms with van der Waals surface area (Å²) in [6, 6.07) is 12.4. The van der Waals surface area contributed by atoms with Crippen LogP contribution in [-0.2, 0) is 17.8 Å². The Morgan fingerprint density at radius 1 is 1.10 bits per heavy atom. The summed E-state index contributed by atoms with van der Waals surface area (Å²) in [6.45, 7) is 3.59. The molecule has 4 aromatic rings. The minimum absolute atomic E-state index is 0.0297. The average Bonchev–Trinajstić information content (AvgIpc) is 2.91. The van der Waals surface area contributed by atoms with Crippen molar-refractivity contribution in [2.24, 2.45) is 0 Å². The summed E-state index contributed by atoms with van der Waals surface area (Å²) < 4.78 is 42.9. The fourth-order valence-electron chi connectivity index (χ4n) is 4.15. The molecule has 0 aliphatic carbocycles. The smallest absolute Gasteiger partial charge is 0.383 e. The Balaban J connectivity index is 1.38. The molecule has 1 amide bonds. The van der Waals surface area contributed by atoms with Crippen LogP contribution in [0.5, 0.6) is 0 Å². The van der Waals surface area contributed by atoms with Crippen molar-refractivity contribution < 1.29 is 18.0 Å². The quantitative estimate of drug-likeness (QED) is 0.240. The van der Waals surface area contributed by atoms with Gasteiger partial charge < -0.3 is 11.1 Å². The molecule has 42 heavy (non-hydrogen) atoms. The third-order valence-corrected chi connectivity index (χ3v) is 7.36. The molecule has 2 aromatic carbocycles. The van der Waals surface area contributed by atoms with Crippen LogP contribution < -0.4 is 16.7 Å². The monoisotopic (exact) mass is 615 g/mol. The van der Waals surface area contributed by atoms with Gasteiger partial charge in [0.05, 0.1) is 12.3 Å². The Labute approximate surface area is 249 Å². The molecule has 4 rings (SSSR count). The van der Waals surface area contributed by atoms with Crippen LogP contribution in [0.25, 0.3) is 11.9 Å². The van der Waals surface area contributed by atoms with Gasteiger partial charge in [0.1, 0.15) is 11.6 Å². The van der Waals surface area contributed by atoms with Crippen LogP contribution in [0.3, 0.4) is 0 Å². The van der Waals surface area contributed by atoms with E-state index in [-0.39, 0.29) is 35.3 Å². The highest BCUT2D eigenvalue weighted by atomic mass is 35.5. The molecule has 2 heterocycles. The number of pyridine rings is 1. The third-order valence-electron chi connectivity index (χ3n) is 6.62. The van der Waals surface area contributed by atoms with Gasteiger partial charge in [-0.2, -0.15) is 18.2 Å². The number of nitrogen functional groups attached to an aromatic ring is 1. The predicted octanol–water partition coefficient (Wildman–Crippen LogP) is 6.35. The molecule has 0 aliphatic heterocycles. The zero-order valence-corrected chi connectivity index (χ0v) is 24.1. The molecule has 0 aliphatic rings. The number of anilines is 1. The van der Waals surface area contributed by atoms with Crippen LogP contribution in [0.15, 0.2) is 71.8 Å². The van der Waals surface area contributed by atoms with Gasteiger partial charge >= 0.3 is 11.9 Å². The molecule has 1 atom stereocenters. The van der Waals surface area contributed by atoms with Crippen molar-refractivity contribution in [3.8, 4) is 5.82 Å². The number of amides is 1. The van der Waals surface area contributed by atoms with Crippen LogP contribution in [0, 0.1) is 13.8 Å². The van der Waals surface area contributed by atoms with E-state index in [0.29, 0.717) is 33.1 Å². The Bertz CT molecular complexity index is 1680. The first-order valence-electron chi connectivity index (χ1n) is 12.7. The summed E-state index contributed by atoms with van der Waals surface area (Å²) in [5.41, 5.74) is 8.08. The molecule has 218 valence electrons. The number of benzene rings is 2. The molecule has 2 aromatic heterocycles. The number of alkyl halides is 3. The number of nitrogens with two attached hydrogens (primary N) is 1. The highest BCUT2D eigenvalue weighted by Crippen LogP contribution is 2.38. The Morgan fingerprint density at radius 2 is 1.86 bits per heavy atom. The Hall–Kier alpha value is -4.15. The minimum atomic E-state index is -4.52.